The Morgan fingerprint density at radius 1 is 1.20 bits per heavy atom. The summed E-state index contributed by atoms with van der Waals surface area (Å²) in [5, 5.41) is 8.23. The number of nitrogens with zero attached hydrogens (tertiary/aromatic N) is 4. The number of aromatic nitrogens is 3. The fraction of sp³-hybridized carbons (Fsp3) is 0.455. The Labute approximate surface area is 181 Å². The van der Waals surface area contributed by atoms with Crippen molar-refractivity contribution in [1.29, 1.82) is 0 Å². The van der Waals surface area contributed by atoms with E-state index in [-0.39, 0.29) is 5.56 Å². The monoisotopic (exact) mass is 429 g/mol. The molecule has 30 heavy (non-hydrogen) atoms. The van der Waals surface area contributed by atoms with Gasteiger partial charge in [-0.15, -0.1) is 0 Å². The number of H-pyrrole nitrogens is 1. The number of methoxy groups -OCH3 is 1. The van der Waals surface area contributed by atoms with E-state index in [1.54, 1.807) is 31.1 Å². The highest BCUT2D eigenvalue weighted by molar-refractivity contribution is 6.33. The third-order valence-electron chi connectivity index (χ3n) is 5.98. The summed E-state index contributed by atoms with van der Waals surface area (Å²) in [4.78, 5) is 17.3. The standard InChI is InChI=1S/C22H28ClN5O2/c1-14(2)28-7-5-27(6-8-28)12-15-9-19(23)16(10-20(15)30-4)18-13-26(3)22(29)21-17(18)11-24-25-21/h9-11,13-14H,5-8,12H2,1-4H3,(H,24,25). The number of pyridine rings is 1. The molecule has 2 aromatic heterocycles. The average Bonchev–Trinajstić information content (AvgIpc) is 3.22. The smallest absolute Gasteiger partial charge is 0.276 e. The van der Waals surface area contributed by atoms with Crippen LogP contribution in [0.4, 0.5) is 0 Å². The van der Waals surface area contributed by atoms with Gasteiger partial charge < -0.3 is 9.30 Å². The molecule has 1 fully saturated rings. The Bertz CT molecular complexity index is 1110. The zero-order valence-electron chi connectivity index (χ0n) is 17.9. The number of fused-ring (bicyclic) bond motifs is 1. The lowest BCUT2D eigenvalue weighted by Gasteiger charge is -2.37. The van der Waals surface area contributed by atoms with Gasteiger partial charge in [0.2, 0.25) is 0 Å². The van der Waals surface area contributed by atoms with Crippen molar-refractivity contribution in [1.82, 2.24) is 24.6 Å². The first-order valence-electron chi connectivity index (χ1n) is 10.2. The summed E-state index contributed by atoms with van der Waals surface area (Å²) in [6.45, 7) is 9.48. The van der Waals surface area contributed by atoms with Crippen LogP contribution in [0.5, 0.6) is 5.75 Å². The van der Waals surface area contributed by atoms with Gasteiger partial charge >= 0.3 is 0 Å². The highest BCUT2D eigenvalue weighted by atomic mass is 35.5. The molecule has 0 atom stereocenters. The molecule has 3 aromatic rings. The summed E-state index contributed by atoms with van der Waals surface area (Å²) in [7, 11) is 3.41. The minimum atomic E-state index is -0.119. The van der Waals surface area contributed by atoms with Gasteiger partial charge in [-0.05, 0) is 26.0 Å². The van der Waals surface area contributed by atoms with E-state index < -0.39 is 0 Å². The van der Waals surface area contributed by atoms with E-state index in [2.05, 4.69) is 33.8 Å². The Morgan fingerprint density at radius 3 is 2.60 bits per heavy atom. The number of piperazine rings is 1. The van der Waals surface area contributed by atoms with Crippen molar-refractivity contribution in [3.63, 3.8) is 0 Å². The number of aryl methyl sites for hydroxylation is 1. The van der Waals surface area contributed by atoms with E-state index in [0.29, 0.717) is 16.6 Å². The SMILES string of the molecule is COc1cc(-c2cn(C)c(=O)c3[nH]ncc23)c(Cl)cc1CN1CCN(C(C)C)CC1. The molecule has 0 aliphatic carbocycles. The lowest BCUT2D eigenvalue weighted by Crippen LogP contribution is -2.48. The first-order chi connectivity index (χ1) is 14.4. The van der Waals surface area contributed by atoms with Crippen molar-refractivity contribution in [2.75, 3.05) is 33.3 Å². The van der Waals surface area contributed by atoms with Crippen LogP contribution in [0.25, 0.3) is 22.0 Å². The maximum absolute atomic E-state index is 12.3. The van der Waals surface area contributed by atoms with Gasteiger partial charge in [0.05, 0.1) is 13.3 Å². The molecule has 7 nitrogen and oxygen atoms in total. The highest BCUT2D eigenvalue weighted by Gasteiger charge is 2.21. The summed E-state index contributed by atoms with van der Waals surface area (Å²) in [6.07, 6.45) is 3.46. The molecule has 0 bridgehead atoms. The lowest BCUT2D eigenvalue weighted by molar-refractivity contribution is 0.103. The molecule has 1 saturated heterocycles. The number of aromatic amines is 1. The van der Waals surface area contributed by atoms with Crippen molar-refractivity contribution >= 4 is 22.5 Å². The molecule has 0 spiro atoms. The molecule has 0 radical (unpaired) electrons. The van der Waals surface area contributed by atoms with Gasteiger partial charge in [0, 0.05) is 79.1 Å². The Balaban J connectivity index is 1.67. The van der Waals surface area contributed by atoms with Crippen LogP contribution < -0.4 is 10.3 Å². The molecule has 8 heteroatoms. The average molecular weight is 430 g/mol. The molecular weight excluding hydrogens is 402 g/mol. The quantitative estimate of drug-likeness (QED) is 0.675. The van der Waals surface area contributed by atoms with Crippen molar-refractivity contribution < 1.29 is 4.74 Å². The molecular formula is C22H28ClN5O2. The van der Waals surface area contributed by atoms with E-state index in [9.17, 15) is 4.79 Å². The number of benzene rings is 1. The van der Waals surface area contributed by atoms with Gasteiger partial charge in [-0.1, -0.05) is 11.6 Å². The molecule has 4 rings (SSSR count). The largest absolute Gasteiger partial charge is 0.496 e. The summed E-state index contributed by atoms with van der Waals surface area (Å²) < 4.78 is 7.27. The summed E-state index contributed by atoms with van der Waals surface area (Å²) in [5.74, 6) is 0.797. The van der Waals surface area contributed by atoms with E-state index in [1.165, 1.54) is 0 Å². The van der Waals surface area contributed by atoms with Crippen LogP contribution in [0.1, 0.15) is 19.4 Å². The van der Waals surface area contributed by atoms with Crippen LogP contribution in [0.2, 0.25) is 5.02 Å². The molecule has 160 valence electrons. The second-order valence-electron chi connectivity index (χ2n) is 8.17. The Kier molecular flexibility index (Phi) is 5.86. The molecule has 0 unspecified atom stereocenters. The van der Waals surface area contributed by atoms with Crippen LogP contribution in [0.15, 0.2) is 29.3 Å². The van der Waals surface area contributed by atoms with Gasteiger partial charge in [0.25, 0.3) is 5.56 Å². The van der Waals surface area contributed by atoms with Gasteiger partial charge in [-0.2, -0.15) is 5.10 Å². The number of halogens is 1. The van der Waals surface area contributed by atoms with Crippen LogP contribution in [-0.4, -0.2) is 63.9 Å². The third kappa shape index (κ3) is 3.85. The molecule has 0 amide bonds. The molecule has 1 aliphatic rings. The Hall–Kier alpha value is -2.35. The van der Waals surface area contributed by atoms with Crippen LogP contribution in [0, 0.1) is 0 Å². The van der Waals surface area contributed by atoms with E-state index in [4.69, 9.17) is 16.3 Å². The van der Waals surface area contributed by atoms with Crippen LogP contribution in [-0.2, 0) is 13.6 Å². The lowest BCUT2D eigenvalue weighted by atomic mass is 10.0. The summed E-state index contributed by atoms with van der Waals surface area (Å²) >= 11 is 6.73. The second-order valence-corrected chi connectivity index (χ2v) is 8.57. The predicted molar refractivity (Wildman–Crippen MR) is 120 cm³/mol. The van der Waals surface area contributed by atoms with Crippen LogP contribution >= 0.6 is 11.6 Å². The molecule has 1 aromatic carbocycles. The van der Waals surface area contributed by atoms with E-state index in [1.807, 2.05) is 12.1 Å². The summed E-state index contributed by atoms with van der Waals surface area (Å²) in [6, 6.07) is 4.53. The maximum Gasteiger partial charge on any atom is 0.276 e. The number of nitrogens with one attached hydrogen (secondary N) is 1. The van der Waals surface area contributed by atoms with E-state index in [0.717, 1.165) is 60.5 Å². The number of ether oxygens (including phenoxy) is 1. The third-order valence-corrected chi connectivity index (χ3v) is 6.29. The predicted octanol–water partition coefficient (Wildman–Crippen LogP) is 3.12. The second kappa shape index (κ2) is 8.41. The first kappa shape index (κ1) is 20.9. The zero-order chi connectivity index (χ0) is 21.4. The number of rotatable bonds is 5. The normalized spacial score (nSPS) is 15.9. The minimum Gasteiger partial charge on any atom is -0.496 e. The van der Waals surface area contributed by atoms with Crippen LogP contribution in [0.3, 0.4) is 0 Å². The van der Waals surface area contributed by atoms with Gasteiger partial charge in [-0.3, -0.25) is 19.7 Å². The van der Waals surface area contributed by atoms with Gasteiger partial charge in [-0.25, -0.2) is 0 Å². The van der Waals surface area contributed by atoms with Gasteiger partial charge in [0.15, 0.2) is 0 Å². The molecule has 1 N–H and O–H groups in total. The molecule has 1 aliphatic heterocycles. The topological polar surface area (TPSA) is 66.4 Å². The summed E-state index contributed by atoms with van der Waals surface area (Å²) in [5.41, 5.74) is 3.09. The highest BCUT2D eigenvalue weighted by Crippen LogP contribution is 2.37. The Morgan fingerprint density at radius 2 is 1.93 bits per heavy atom. The zero-order valence-corrected chi connectivity index (χ0v) is 18.7. The van der Waals surface area contributed by atoms with Crippen molar-refractivity contribution in [2.24, 2.45) is 7.05 Å². The van der Waals surface area contributed by atoms with Gasteiger partial charge in [0.1, 0.15) is 11.3 Å². The van der Waals surface area contributed by atoms with E-state index >= 15 is 0 Å². The van der Waals surface area contributed by atoms with Crippen molar-refractivity contribution in [3.05, 3.63) is 45.5 Å². The number of hydrogen-bond acceptors (Lipinski definition) is 5. The first-order valence-corrected chi connectivity index (χ1v) is 10.6. The minimum absolute atomic E-state index is 0.119. The number of hydrogen-bond donors (Lipinski definition) is 1. The fourth-order valence-corrected chi connectivity index (χ4v) is 4.45. The maximum atomic E-state index is 12.3. The van der Waals surface area contributed by atoms with Crippen molar-refractivity contribution in [2.45, 2.75) is 26.4 Å². The molecule has 3 heterocycles. The fourth-order valence-electron chi connectivity index (χ4n) is 4.16. The molecule has 0 saturated carbocycles. The van der Waals surface area contributed by atoms with Crippen molar-refractivity contribution in [3.8, 4) is 16.9 Å².